The molecule has 4 amide bonds. The topological polar surface area (TPSA) is 109 Å². The van der Waals surface area contributed by atoms with Crippen LogP contribution in [-0.2, 0) is 9.53 Å². The number of esters is 1. The number of fused-ring (bicyclic) bond motifs is 1. The van der Waals surface area contributed by atoms with Gasteiger partial charge in [-0.2, -0.15) is 4.99 Å². The van der Waals surface area contributed by atoms with Crippen molar-refractivity contribution >= 4 is 35.9 Å². The molecule has 9 heteroatoms. The molecule has 1 unspecified atom stereocenters. The maximum absolute atomic E-state index is 13.0. The number of imide groups is 1. The number of carbonyl (C=O) groups excluding carboxylic acids is 4. The number of carbonyl (C=O) groups is 4. The van der Waals surface area contributed by atoms with Crippen LogP contribution in [-0.4, -0.2) is 71.9 Å². The van der Waals surface area contributed by atoms with E-state index < -0.39 is 17.9 Å². The number of ether oxygens (including phenoxy) is 1. The zero-order valence-electron chi connectivity index (χ0n) is 16.4. The van der Waals surface area contributed by atoms with Crippen LogP contribution in [0.15, 0.2) is 46.4 Å². The fourth-order valence-electron chi connectivity index (χ4n) is 3.92. The number of allylic oxidation sites excluding steroid dienone is 1. The largest absolute Gasteiger partial charge is 0.465 e. The second kappa shape index (κ2) is 8.02. The van der Waals surface area contributed by atoms with E-state index in [1.165, 1.54) is 18.2 Å². The van der Waals surface area contributed by atoms with Crippen molar-refractivity contribution < 1.29 is 23.9 Å². The normalized spacial score (nSPS) is 21.4. The first-order valence-electron chi connectivity index (χ1n) is 9.64. The summed E-state index contributed by atoms with van der Waals surface area (Å²) in [7, 11) is 1.27. The van der Waals surface area contributed by atoms with Crippen LogP contribution in [0.2, 0.25) is 0 Å². The fourth-order valence-corrected chi connectivity index (χ4v) is 3.92. The highest BCUT2D eigenvalue weighted by Crippen LogP contribution is 2.26. The SMILES string of the molecule is COC(=O)c1ccccc1C(=O)N1CCC(N2C(=O)N=C3N=CC=CC3C2=O)CC1. The van der Waals surface area contributed by atoms with Gasteiger partial charge in [0.15, 0.2) is 0 Å². The molecular formula is C21H20N4O5. The minimum Gasteiger partial charge on any atom is -0.465 e. The minimum atomic E-state index is -0.640. The third-order valence-electron chi connectivity index (χ3n) is 5.47. The number of methoxy groups -OCH3 is 1. The Morgan fingerprint density at radius 1 is 1.10 bits per heavy atom. The number of nitrogens with zero attached hydrogens (tertiary/aromatic N) is 4. The van der Waals surface area contributed by atoms with E-state index in [0.717, 1.165) is 0 Å². The molecule has 1 aromatic rings. The Kier molecular flexibility index (Phi) is 5.26. The lowest BCUT2D eigenvalue weighted by atomic mass is 9.97. The first-order chi connectivity index (χ1) is 14.5. The van der Waals surface area contributed by atoms with Crippen molar-refractivity contribution in [3.8, 4) is 0 Å². The summed E-state index contributed by atoms with van der Waals surface area (Å²) in [6, 6.07) is 5.54. The van der Waals surface area contributed by atoms with E-state index in [-0.39, 0.29) is 34.8 Å². The first kappa shape index (κ1) is 19.7. The van der Waals surface area contributed by atoms with Crippen molar-refractivity contribution in [3.05, 3.63) is 47.5 Å². The second-order valence-corrected chi connectivity index (χ2v) is 7.16. The molecule has 0 aromatic heterocycles. The van der Waals surface area contributed by atoms with Crippen molar-refractivity contribution in [1.29, 1.82) is 0 Å². The van der Waals surface area contributed by atoms with Crippen LogP contribution in [0.4, 0.5) is 4.79 Å². The van der Waals surface area contributed by atoms with E-state index in [2.05, 4.69) is 9.98 Å². The lowest BCUT2D eigenvalue weighted by Gasteiger charge is -2.39. The smallest absolute Gasteiger partial charge is 0.352 e. The Hall–Kier alpha value is -3.62. The van der Waals surface area contributed by atoms with Crippen LogP contribution in [0.5, 0.6) is 0 Å². The standard InChI is InChI=1S/C21H20N4O5/c1-30-20(28)15-6-3-2-5-14(15)18(26)24-11-8-13(9-12-24)25-19(27)16-7-4-10-22-17(16)23-21(25)29/h2-7,10,13,16H,8-9,11-12H2,1H3. The Labute approximate surface area is 172 Å². The van der Waals surface area contributed by atoms with E-state index >= 15 is 0 Å². The Morgan fingerprint density at radius 3 is 2.50 bits per heavy atom. The van der Waals surface area contributed by atoms with Gasteiger partial charge in [0.1, 0.15) is 11.8 Å². The highest BCUT2D eigenvalue weighted by molar-refractivity contribution is 6.19. The van der Waals surface area contributed by atoms with E-state index in [4.69, 9.17) is 4.74 Å². The molecule has 1 aromatic carbocycles. The van der Waals surface area contributed by atoms with Crippen LogP contribution in [0.1, 0.15) is 33.6 Å². The minimum absolute atomic E-state index is 0.208. The van der Waals surface area contributed by atoms with E-state index in [9.17, 15) is 19.2 Å². The number of amides is 4. The molecule has 1 saturated heterocycles. The molecule has 3 aliphatic rings. The van der Waals surface area contributed by atoms with Gasteiger partial charge >= 0.3 is 12.0 Å². The van der Waals surface area contributed by atoms with Crippen molar-refractivity contribution in [1.82, 2.24) is 9.80 Å². The van der Waals surface area contributed by atoms with Gasteiger partial charge in [-0.3, -0.25) is 14.5 Å². The zero-order chi connectivity index (χ0) is 21.3. The van der Waals surface area contributed by atoms with Crippen molar-refractivity contribution in [2.75, 3.05) is 20.2 Å². The van der Waals surface area contributed by atoms with Crippen LogP contribution >= 0.6 is 0 Å². The van der Waals surface area contributed by atoms with Gasteiger partial charge in [0, 0.05) is 25.3 Å². The monoisotopic (exact) mass is 408 g/mol. The first-order valence-corrected chi connectivity index (χ1v) is 9.64. The number of dihydropyridines is 1. The summed E-state index contributed by atoms with van der Waals surface area (Å²) in [5.74, 6) is -1.61. The van der Waals surface area contributed by atoms with Gasteiger partial charge in [-0.1, -0.05) is 18.2 Å². The third kappa shape index (κ3) is 3.42. The van der Waals surface area contributed by atoms with E-state index in [1.807, 2.05) is 0 Å². The summed E-state index contributed by atoms with van der Waals surface area (Å²) < 4.78 is 4.76. The van der Waals surface area contributed by atoms with Crippen molar-refractivity contribution in [3.63, 3.8) is 0 Å². The molecule has 0 saturated carbocycles. The molecule has 0 N–H and O–H groups in total. The zero-order valence-corrected chi connectivity index (χ0v) is 16.4. The van der Waals surface area contributed by atoms with Gasteiger partial charge in [0.2, 0.25) is 5.91 Å². The molecule has 0 spiro atoms. The highest BCUT2D eigenvalue weighted by atomic mass is 16.5. The van der Waals surface area contributed by atoms with E-state index in [1.54, 1.807) is 41.3 Å². The summed E-state index contributed by atoms with van der Waals surface area (Å²) in [5, 5.41) is 0. The van der Waals surface area contributed by atoms with Gasteiger partial charge < -0.3 is 9.64 Å². The number of hydrogen-bond acceptors (Lipinski definition) is 6. The second-order valence-electron chi connectivity index (χ2n) is 7.16. The molecule has 1 atom stereocenters. The number of aliphatic imine (C=N–C) groups is 2. The Balaban J connectivity index is 1.47. The molecule has 0 radical (unpaired) electrons. The van der Waals surface area contributed by atoms with Crippen LogP contribution in [0.3, 0.4) is 0 Å². The Morgan fingerprint density at radius 2 is 1.80 bits per heavy atom. The number of hydrogen-bond donors (Lipinski definition) is 0. The summed E-state index contributed by atoms with van der Waals surface area (Å²) in [6.45, 7) is 0.705. The molecular weight excluding hydrogens is 388 g/mol. The van der Waals surface area contributed by atoms with Crippen LogP contribution in [0, 0.1) is 5.92 Å². The van der Waals surface area contributed by atoms with Gasteiger partial charge in [-0.05, 0) is 31.1 Å². The average molecular weight is 408 g/mol. The molecule has 3 aliphatic heterocycles. The summed E-state index contributed by atoms with van der Waals surface area (Å²) >= 11 is 0. The van der Waals surface area contributed by atoms with Gasteiger partial charge in [0.25, 0.3) is 5.91 Å². The number of rotatable bonds is 3. The van der Waals surface area contributed by atoms with E-state index in [0.29, 0.717) is 25.9 Å². The molecule has 154 valence electrons. The molecule has 0 bridgehead atoms. The summed E-state index contributed by atoms with van der Waals surface area (Å²) in [6.07, 6.45) is 5.72. The van der Waals surface area contributed by atoms with Crippen molar-refractivity contribution in [2.45, 2.75) is 18.9 Å². The van der Waals surface area contributed by atoms with Gasteiger partial charge in [-0.25, -0.2) is 14.6 Å². The van der Waals surface area contributed by atoms with Crippen molar-refractivity contribution in [2.24, 2.45) is 15.9 Å². The molecule has 3 heterocycles. The molecule has 0 aliphatic carbocycles. The fraction of sp³-hybridized carbons (Fsp3) is 0.333. The lowest BCUT2D eigenvalue weighted by Crippen LogP contribution is -2.54. The molecule has 30 heavy (non-hydrogen) atoms. The predicted molar refractivity (Wildman–Crippen MR) is 108 cm³/mol. The van der Waals surface area contributed by atoms with Crippen LogP contribution in [0.25, 0.3) is 0 Å². The van der Waals surface area contributed by atoms with Gasteiger partial charge in [0.05, 0.1) is 18.2 Å². The maximum Gasteiger partial charge on any atom is 0.352 e. The number of likely N-dealkylation sites (tertiary alicyclic amines) is 1. The highest BCUT2D eigenvalue weighted by Gasteiger charge is 2.41. The molecule has 1 fully saturated rings. The number of piperidine rings is 1. The lowest BCUT2D eigenvalue weighted by molar-refractivity contribution is -0.131. The number of amidine groups is 1. The maximum atomic E-state index is 13.0. The van der Waals surface area contributed by atoms with Crippen LogP contribution < -0.4 is 0 Å². The molecule has 9 nitrogen and oxygen atoms in total. The number of benzene rings is 1. The Bertz CT molecular complexity index is 1000. The average Bonchev–Trinajstić information content (AvgIpc) is 2.78. The quantitative estimate of drug-likeness (QED) is 0.707. The molecule has 4 rings (SSSR count). The van der Waals surface area contributed by atoms with Gasteiger partial charge in [-0.15, -0.1) is 0 Å². The predicted octanol–water partition coefficient (Wildman–Crippen LogP) is 1.70. The summed E-state index contributed by atoms with van der Waals surface area (Å²) in [4.78, 5) is 61.0. The number of urea groups is 1. The third-order valence-corrected chi connectivity index (χ3v) is 5.47. The summed E-state index contributed by atoms with van der Waals surface area (Å²) in [5.41, 5.74) is 0.479.